The highest BCUT2D eigenvalue weighted by Crippen LogP contribution is 2.28. The SMILES string of the molecule is CC[C@H](C)[C@@H]1NC(=O)[C@H](Cc2ccc(O)cc2)N(C)C(=O)C(CC(C)C)N2C(=O)[C@H](CC[C@H]2O)NC(=O)C(CC2C=CC(O)CC2)NC(=O)C(NC(=O)[C@H](CCC(N)=O)NC(=O)[C@H](O)Cc2ccc(O)cc2)[C@@H](C)OC1=O. The van der Waals surface area contributed by atoms with Crippen LogP contribution in [0.25, 0.3) is 0 Å². The van der Waals surface area contributed by atoms with Crippen LogP contribution in [0.4, 0.5) is 0 Å². The fourth-order valence-corrected chi connectivity index (χ4v) is 9.62. The lowest BCUT2D eigenvalue weighted by molar-refractivity contribution is -0.166. The molecule has 8 amide bonds. The molecule has 77 heavy (non-hydrogen) atoms. The molecule has 23 heteroatoms. The number of benzene rings is 2. The van der Waals surface area contributed by atoms with E-state index in [0.29, 0.717) is 24.0 Å². The minimum atomic E-state index is -1.90. The Morgan fingerprint density at radius 1 is 0.792 bits per heavy atom. The molecule has 2 aromatic rings. The van der Waals surface area contributed by atoms with Gasteiger partial charge in [0.1, 0.15) is 72.2 Å². The van der Waals surface area contributed by atoms with Crippen LogP contribution in [0.1, 0.15) is 104 Å². The van der Waals surface area contributed by atoms with E-state index in [2.05, 4.69) is 26.6 Å². The second-order valence-corrected chi connectivity index (χ2v) is 20.9. The summed E-state index contributed by atoms with van der Waals surface area (Å²) in [6.07, 6.45) is -3.06. The van der Waals surface area contributed by atoms with Gasteiger partial charge in [-0.05, 0) is 105 Å². The van der Waals surface area contributed by atoms with E-state index in [0.717, 1.165) is 9.80 Å². The van der Waals surface area contributed by atoms with Crippen LogP contribution in [0.5, 0.6) is 11.5 Å². The number of phenols is 2. The molecule has 2 bridgehead atoms. The molecule has 0 radical (unpaired) electrons. The summed E-state index contributed by atoms with van der Waals surface area (Å²) in [5, 5.41) is 65.4. The number of amides is 8. The maximum absolute atomic E-state index is 15.0. The van der Waals surface area contributed by atoms with E-state index in [1.165, 1.54) is 50.4 Å². The summed E-state index contributed by atoms with van der Waals surface area (Å²) in [6, 6.07) is 0.875. The molecule has 0 spiro atoms. The van der Waals surface area contributed by atoms with Gasteiger partial charge in [-0.15, -0.1) is 0 Å². The average Bonchev–Trinajstić information content (AvgIpc) is 3.38. The molecule has 422 valence electrons. The van der Waals surface area contributed by atoms with Gasteiger partial charge in [0.05, 0.1) is 6.10 Å². The Balaban J connectivity index is 1.61. The molecule has 2 aromatic carbocycles. The first-order valence-corrected chi connectivity index (χ1v) is 26.2. The Hall–Kier alpha value is -7.11. The monoisotopic (exact) mass is 1080 g/mol. The standard InChI is InChI=1S/C54H76N8O15/c1-7-29(4)45-54(76)77-30(5)46(60-47(69)37(20-22-43(55)67)56-50(72)42(66)27-33-12-18-36(65)19-13-33)51(73)58-39(25-31-8-14-34(63)15-9-31)48(70)57-38-21-23-44(68)62(52(38)74)41(24-28(2)3)53(75)61(6)40(49(71)59-45)26-32-10-16-35(64)17-11-32/h8,10-14,16-19,28-31,34,37-42,44-46,63-66,68H,7,9,15,20-27H2,1-6H3,(H2,55,67)(H,56,72)(H,57,70)(H,58,73)(H,59,71)(H,60,69)/t29-,30+,31?,34?,37-,38-,39?,40-,41?,42+,44+,45-,46?/m0/s1. The van der Waals surface area contributed by atoms with E-state index in [4.69, 9.17) is 10.5 Å². The van der Waals surface area contributed by atoms with Crippen LogP contribution >= 0.6 is 0 Å². The number of piperidine rings is 1. The number of aromatic hydroxyl groups is 2. The second kappa shape index (κ2) is 27.8. The van der Waals surface area contributed by atoms with Crippen LogP contribution in [-0.4, -0.2) is 162 Å². The topological polar surface area (TPSA) is 357 Å². The van der Waals surface area contributed by atoms with Crippen LogP contribution in [0.15, 0.2) is 60.7 Å². The smallest absolute Gasteiger partial charge is 0.329 e. The van der Waals surface area contributed by atoms with Crippen molar-refractivity contribution in [2.45, 2.75) is 172 Å². The van der Waals surface area contributed by atoms with Crippen molar-refractivity contribution >= 4 is 53.2 Å². The lowest BCUT2D eigenvalue weighted by atomic mass is 9.88. The number of nitrogens with zero attached hydrogens (tertiary/aromatic N) is 2. The number of ether oxygens (including phenoxy) is 1. The molecule has 2 saturated heterocycles. The van der Waals surface area contributed by atoms with Crippen molar-refractivity contribution in [2.24, 2.45) is 23.5 Å². The van der Waals surface area contributed by atoms with Crippen molar-refractivity contribution in [1.82, 2.24) is 36.4 Å². The Morgan fingerprint density at radius 2 is 1.43 bits per heavy atom. The number of carbonyl (C=O) groups is 9. The first-order valence-electron chi connectivity index (χ1n) is 26.2. The zero-order chi connectivity index (χ0) is 56.8. The molecule has 0 saturated carbocycles. The van der Waals surface area contributed by atoms with Gasteiger partial charge >= 0.3 is 5.97 Å². The van der Waals surface area contributed by atoms with Crippen LogP contribution < -0.4 is 32.3 Å². The van der Waals surface area contributed by atoms with Crippen molar-refractivity contribution in [3.63, 3.8) is 0 Å². The predicted molar refractivity (Wildman–Crippen MR) is 277 cm³/mol. The molecule has 0 aromatic heterocycles. The molecule has 3 aliphatic rings. The molecular formula is C54H76N8O15. The molecule has 13 atom stereocenters. The quantitative estimate of drug-likeness (QED) is 0.0724. The van der Waals surface area contributed by atoms with Gasteiger partial charge < -0.3 is 72.4 Å². The number of nitrogens with one attached hydrogen (secondary N) is 5. The van der Waals surface area contributed by atoms with Gasteiger partial charge in [-0.1, -0.05) is 70.5 Å². The Morgan fingerprint density at radius 3 is 2.01 bits per heavy atom. The highest BCUT2D eigenvalue weighted by atomic mass is 16.5. The van der Waals surface area contributed by atoms with Crippen LogP contribution in [0.2, 0.25) is 0 Å². The van der Waals surface area contributed by atoms with Crippen LogP contribution in [0, 0.1) is 17.8 Å². The highest BCUT2D eigenvalue weighted by molar-refractivity contribution is 5.98. The summed E-state index contributed by atoms with van der Waals surface area (Å²) in [5.74, 6) is -9.95. The molecule has 5 rings (SSSR count). The average molecular weight is 1080 g/mol. The molecular weight excluding hydrogens is 1000 g/mol. The summed E-state index contributed by atoms with van der Waals surface area (Å²) >= 11 is 0. The maximum Gasteiger partial charge on any atom is 0.329 e. The van der Waals surface area contributed by atoms with Crippen molar-refractivity contribution < 1.29 is 73.4 Å². The predicted octanol–water partition coefficient (Wildman–Crippen LogP) is -0.175. The number of aliphatic hydroxyl groups is 3. The van der Waals surface area contributed by atoms with Crippen molar-refractivity contribution in [2.75, 3.05) is 7.05 Å². The second-order valence-electron chi connectivity index (χ2n) is 20.9. The number of allylic oxidation sites excluding steroid dienone is 1. The number of fused-ring (bicyclic) bond motifs is 2. The van der Waals surface area contributed by atoms with E-state index in [1.54, 1.807) is 52.0 Å². The summed E-state index contributed by atoms with van der Waals surface area (Å²) in [5.41, 5.74) is 6.38. The molecule has 2 heterocycles. The van der Waals surface area contributed by atoms with E-state index in [1.807, 2.05) is 0 Å². The zero-order valence-electron chi connectivity index (χ0n) is 44.4. The van der Waals surface area contributed by atoms with Gasteiger partial charge in [-0.25, -0.2) is 4.79 Å². The Labute approximate surface area is 447 Å². The van der Waals surface area contributed by atoms with E-state index >= 15 is 0 Å². The summed E-state index contributed by atoms with van der Waals surface area (Å²) in [7, 11) is 1.35. The van der Waals surface area contributed by atoms with Gasteiger partial charge in [0.15, 0.2) is 0 Å². The number of cyclic esters (lactones) is 1. The number of esters is 1. The van der Waals surface area contributed by atoms with E-state index in [-0.39, 0.29) is 62.4 Å². The summed E-state index contributed by atoms with van der Waals surface area (Å²) in [4.78, 5) is 131. The van der Waals surface area contributed by atoms with Gasteiger partial charge in [0.2, 0.25) is 47.3 Å². The van der Waals surface area contributed by atoms with Gasteiger partial charge in [0.25, 0.3) is 0 Å². The first-order chi connectivity index (χ1) is 36.4. The Bertz CT molecular complexity index is 2460. The van der Waals surface area contributed by atoms with Gasteiger partial charge in [-0.3, -0.25) is 38.4 Å². The number of nitrogens with two attached hydrogens (primary N) is 1. The fourth-order valence-electron chi connectivity index (χ4n) is 9.62. The zero-order valence-corrected chi connectivity index (χ0v) is 44.4. The maximum atomic E-state index is 15.0. The number of aliphatic hydroxyl groups excluding tert-OH is 3. The summed E-state index contributed by atoms with van der Waals surface area (Å²) < 4.78 is 5.96. The van der Waals surface area contributed by atoms with Crippen molar-refractivity contribution in [3.05, 3.63) is 71.8 Å². The third kappa shape index (κ3) is 16.9. The molecule has 2 aliphatic heterocycles. The van der Waals surface area contributed by atoms with Crippen molar-refractivity contribution in [3.8, 4) is 11.5 Å². The summed E-state index contributed by atoms with van der Waals surface area (Å²) in [6.45, 7) is 8.24. The number of phenolic OH excluding ortho intramolecular Hbond substituents is 2. The first kappa shape index (κ1) is 60.8. The van der Waals surface area contributed by atoms with E-state index in [9.17, 15) is 68.7 Å². The molecule has 2 fully saturated rings. The number of hydrogen-bond donors (Lipinski definition) is 11. The minimum Gasteiger partial charge on any atom is -0.508 e. The third-order valence-electron chi connectivity index (χ3n) is 14.4. The number of carbonyl (C=O) groups excluding carboxylic acids is 9. The minimum absolute atomic E-state index is 0.0129. The largest absolute Gasteiger partial charge is 0.508 e. The lowest BCUT2D eigenvalue weighted by Gasteiger charge is -2.43. The molecule has 23 nitrogen and oxygen atoms in total. The van der Waals surface area contributed by atoms with Crippen LogP contribution in [0.3, 0.4) is 0 Å². The molecule has 5 unspecified atom stereocenters. The van der Waals surface area contributed by atoms with Gasteiger partial charge in [0, 0.05) is 26.3 Å². The van der Waals surface area contributed by atoms with Gasteiger partial charge in [-0.2, -0.15) is 0 Å². The third-order valence-corrected chi connectivity index (χ3v) is 14.4. The number of hydrogen-bond acceptors (Lipinski definition) is 15. The van der Waals surface area contributed by atoms with E-state index < -0.39 is 145 Å². The van der Waals surface area contributed by atoms with Crippen molar-refractivity contribution in [1.29, 1.82) is 0 Å². The molecule has 12 N–H and O–H groups in total. The number of primary amides is 1. The number of rotatable bonds is 17. The van der Waals surface area contributed by atoms with Crippen LogP contribution in [-0.2, 0) is 60.7 Å². The lowest BCUT2D eigenvalue weighted by Crippen LogP contribution is -2.65. The molecule has 1 aliphatic carbocycles. The Kier molecular flexibility index (Phi) is 21.9. The fraction of sp³-hybridized carbons (Fsp3) is 0.574. The highest BCUT2D eigenvalue weighted by Gasteiger charge is 2.46. The number of likely N-dealkylation sites (N-methyl/N-ethyl adjacent to an activating group) is 1. The normalized spacial score (nSPS) is 27.1.